The Morgan fingerprint density at radius 1 is 0.882 bits per heavy atom. The molecule has 1 aromatic heterocycles. The van der Waals surface area contributed by atoms with Crippen LogP contribution in [0.25, 0.3) is 16.7 Å². The molecule has 5 heteroatoms. The van der Waals surface area contributed by atoms with Crippen LogP contribution in [0, 0.1) is 0 Å². The zero-order valence-electron chi connectivity index (χ0n) is 8.95. The predicted molar refractivity (Wildman–Crippen MR) is 63.7 cm³/mol. The number of hydrogen-bond acceptors (Lipinski definition) is 4. The number of aromatic nitrogens is 3. The molecular formula is C12H10N4O. The summed E-state index contributed by atoms with van der Waals surface area (Å²) < 4.78 is 0. The molecule has 84 valence electrons. The van der Waals surface area contributed by atoms with Gasteiger partial charge in [-0.25, -0.2) is 0 Å². The van der Waals surface area contributed by atoms with Gasteiger partial charge in [0.25, 0.3) is 0 Å². The van der Waals surface area contributed by atoms with E-state index in [-0.39, 0.29) is 0 Å². The summed E-state index contributed by atoms with van der Waals surface area (Å²) in [5.74, 6) is 5.75. The Morgan fingerprint density at radius 3 is 2.12 bits per heavy atom. The van der Waals surface area contributed by atoms with Gasteiger partial charge in [-0.1, -0.05) is 24.3 Å². The Balaban J connectivity index is 2.20. The summed E-state index contributed by atoms with van der Waals surface area (Å²) in [5.41, 5.74) is 2.38. The van der Waals surface area contributed by atoms with Gasteiger partial charge in [0, 0.05) is 0 Å². The Bertz CT molecular complexity index is 629. The maximum atomic E-state index is 5.21. The molecule has 0 saturated heterocycles. The SMILES string of the molecule is NOc1ccccc1-n1nc2ccccc2n1. The summed E-state index contributed by atoms with van der Waals surface area (Å²) in [5, 5.41) is 8.72. The molecule has 2 aromatic carbocycles. The third-order valence-electron chi connectivity index (χ3n) is 2.49. The van der Waals surface area contributed by atoms with Crippen LogP contribution in [0.2, 0.25) is 0 Å². The van der Waals surface area contributed by atoms with E-state index in [0.29, 0.717) is 11.4 Å². The van der Waals surface area contributed by atoms with E-state index in [2.05, 4.69) is 10.2 Å². The molecule has 3 aromatic rings. The van der Waals surface area contributed by atoms with Crippen molar-refractivity contribution in [2.45, 2.75) is 0 Å². The highest BCUT2D eigenvalue weighted by Gasteiger charge is 2.08. The first-order valence-electron chi connectivity index (χ1n) is 5.17. The van der Waals surface area contributed by atoms with E-state index in [1.807, 2.05) is 42.5 Å². The second-order valence-electron chi connectivity index (χ2n) is 3.56. The molecule has 2 N–H and O–H groups in total. The summed E-state index contributed by atoms with van der Waals surface area (Å²) in [7, 11) is 0. The lowest BCUT2D eigenvalue weighted by Gasteiger charge is -2.04. The molecular weight excluding hydrogens is 216 g/mol. The standard InChI is InChI=1S/C12H10N4O/c13-17-12-8-4-3-7-11(12)16-14-9-5-1-2-6-10(9)15-16/h1-8H,13H2. The molecule has 0 unspecified atom stereocenters. The smallest absolute Gasteiger partial charge is 0.174 e. The van der Waals surface area contributed by atoms with Gasteiger partial charge >= 0.3 is 0 Å². The number of para-hydroxylation sites is 2. The number of rotatable bonds is 2. The number of hydrogen-bond donors (Lipinski definition) is 1. The van der Waals surface area contributed by atoms with Gasteiger partial charge in [0.05, 0.1) is 0 Å². The average molecular weight is 226 g/mol. The van der Waals surface area contributed by atoms with Crippen LogP contribution in [-0.4, -0.2) is 15.0 Å². The molecule has 0 aliphatic carbocycles. The average Bonchev–Trinajstić information content (AvgIpc) is 2.82. The molecule has 0 atom stereocenters. The lowest BCUT2D eigenvalue weighted by molar-refractivity contribution is 0.332. The Kier molecular flexibility index (Phi) is 2.23. The highest BCUT2D eigenvalue weighted by molar-refractivity contribution is 5.73. The van der Waals surface area contributed by atoms with Crippen LogP contribution < -0.4 is 10.7 Å². The minimum atomic E-state index is 0.535. The van der Waals surface area contributed by atoms with Gasteiger partial charge in [-0.05, 0) is 24.3 Å². The lowest BCUT2D eigenvalue weighted by Crippen LogP contribution is -2.07. The molecule has 3 rings (SSSR count). The minimum Gasteiger partial charge on any atom is -0.409 e. The van der Waals surface area contributed by atoms with Crippen LogP contribution in [0.4, 0.5) is 0 Å². The van der Waals surface area contributed by atoms with Crippen molar-refractivity contribution < 1.29 is 4.84 Å². The Labute approximate surface area is 97.4 Å². The zero-order valence-corrected chi connectivity index (χ0v) is 8.95. The lowest BCUT2D eigenvalue weighted by atomic mass is 10.3. The van der Waals surface area contributed by atoms with Gasteiger partial charge in [-0.15, -0.1) is 15.0 Å². The van der Waals surface area contributed by atoms with Gasteiger partial charge in [0.2, 0.25) is 0 Å². The summed E-state index contributed by atoms with van der Waals surface area (Å²) in [6.07, 6.45) is 0. The van der Waals surface area contributed by atoms with Crippen molar-refractivity contribution in [1.29, 1.82) is 0 Å². The van der Waals surface area contributed by atoms with E-state index >= 15 is 0 Å². The first kappa shape index (κ1) is 9.80. The molecule has 0 aliphatic rings. The second kappa shape index (κ2) is 3.88. The van der Waals surface area contributed by atoms with E-state index in [4.69, 9.17) is 10.7 Å². The van der Waals surface area contributed by atoms with E-state index in [1.165, 1.54) is 4.80 Å². The molecule has 0 amide bonds. The quantitative estimate of drug-likeness (QED) is 0.675. The van der Waals surface area contributed by atoms with Gasteiger partial charge in [0.1, 0.15) is 16.7 Å². The maximum Gasteiger partial charge on any atom is 0.174 e. The van der Waals surface area contributed by atoms with Crippen molar-refractivity contribution in [3.8, 4) is 11.4 Å². The van der Waals surface area contributed by atoms with Crippen LogP contribution in [0.3, 0.4) is 0 Å². The van der Waals surface area contributed by atoms with Crippen molar-refractivity contribution in [2.24, 2.45) is 5.90 Å². The van der Waals surface area contributed by atoms with Gasteiger partial charge < -0.3 is 4.84 Å². The third-order valence-corrected chi connectivity index (χ3v) is 2.49. The number of nitrogens with two attached hydrogens (primary N) is 1. The summed E-state index contributed by atoms with van der Waals surface area (Å²) in [4.78, 5) is 6.32. The molecule has 0 saturated carbocycles. The number of nitrogens with zero attached hydrogens (tertiary/aromatic N) is 3. The Morgan fingerprint density at radius 2 is 1.47 bits per heavy atom. The first-order chi connectivity index (χ1) is 8.38. The molecule has 0 spiro atoms. The minimum absolute atomic E-state index is 0.535. The fourth-order valence-corrected chi connectivity index (χ4v) is 1.69. The monoisotopic (exact) mass is 226 g/mol. The van der Waals surface area contributed by atoms with Crippen molar-refractivity contribution in [2.75, 3.05) is 0 Å². The van der Waals surface area contributed by atoms with Gasteiger partial charge in [-0.2, -0.15) is 5.90 Å². The highest BCUT2D eigenvalue weighted by atomic mass is 16.6. The normalized spacial score (nSPS) is 10.6. The van der Waals surface area contributed by atoms with E-state index in [9.17, 15) is 0 Å². The van der Waals surface area contributed by atoms with E-state index in [1.54, 1.807) is 6.07 Å². The summed E-state index contributed by atoms with van der Waals surface area (Å²) in [6.45, 7) is 0. The Hall–Kier alpha value is -2.40. The van der Waals surface area contributed by atoms with Crippen molar-refractivity contribution in [3.63, 3.8) is 0 Å². The largest absolute Gasteiger partial charge is 0.409 e. The van der Waals surface area contributed by atoms with Gasteiger partial charge in [-0.3, -0.25) is 0 Å². The molecule has 0 fully saturated rings. The molecule has 0 bridgehead atoms. The molecule has 0 radical (unpaired) electrons. The molecule has 1 heterocycles. The summed E-state index contributed by atoms with van der Waals surface area (Å²) in [6, 6.07) is 15.0. The van der Waals surface area contributed by atoms with Crippen LogP contribution >= 0.6 is 0 Å². The van der Waals surface area contributed by atoms with Crippen molar-refractivity contribution >= 4 is 11.0 Å². The molecule has 0 aliphatic heterocycles. The topological polar surface area (TPSA) is 66.0 Å². The molecule has 5 nitrogen and oxygen atoms in total. The zero-order chi connectivity index (χ0) is 11.7. The summed E-state index contributed by atoms with van der Waals surface area (Å²) >= 11 is 0. The maximum absolute atomic E-state index is 5.21. The fraction of sp³-hybridized carbons (Fsp3) is 0. The second-order valence-corrected chi connectivity index (χ2v) is 3.56. The van der Waals surface area contributed by atoms with Crippen LogP contribution in [0.15, 0.2) is 48.5 Å². The first-order valence-corrected chi connectivity index (χ1v) is 5.17. The van der Waals surface area contributed by atoms with E-state index in [0.717, 1.165) is 11.0 Å². The van der Waals surface area contributed by atoms with E-state index < -0.39 is 0 Å². The van der Waals surface area contributed by atoms with Crippen molar-refractivity contribution in [3.05, 3.63) is 48.5 Å². The number of fused-ring (bicyclic) bond motifs is 1. The third kappa shape index (κ3) is 1.62. The fourth-order valence-electron chi connectivity index (χ4n) is 1.69. The molecule has 17 heavy (non-hydrogen) atoms. The predicted octanol–water partition coefficient (Wildman–Crippen LogP) is 1.67. The highest BCUT2D eigenvalue weighted by Crippen LogP contribution is 2.21. The van der Waals surface area contributed by atoms with Crippen molar-refractivity contribution in [1.82, 2.24) is 15.0 Å². The van der Waals surface area contributed by atoms with Gasteiger partial charge in [0.15, 0.2) is 5.75 Å². The van der Waals surface area contributed by atoms with Crippen LogP contribution in [0.1, 0.15) is 0 Å². The van der Waals surface area contributed by atoms with Crippen LogP contribution in [0.5, 0.6) is 5.75 Å². The number of benzene rings is 2. The van der Waals surface area contributed by atoms with Crippen LogP contribution in [-0.2, 0) is 0 Å².